The van der Waals surface area contributed by atoms with Gasteiger partial charge in [-0.2, -0.15) is 0 Å². The maximum absolute atomic E-state index is 11.5. The number of carbonyl (C=O) groups excluding carboxylic acids is 1. The first kappa shape index (κ1) is 17.2. The SMILES string of the molecule is CCCSSCC(CC(C)C)OC(=O)CCC. The van der Waals surface area contributed by atoms with Gasteiger partial charge in [0.15, 0.2) is 0 Å². The van der Waals surface area contributed by atoms with E-state index in [1.165, 1.54) is 12.2 Å². The summed E-state index contributed by atoms with van der Waals surface area (Å²) in [6.45, 7) is 8.53. The van der Waals surface area contributed by atoms with Crippen LogP contribution in [0.1, 0.15) is 53.4 Å². The molecule has 4 heteroatoms. The minimum atomic E-state index is -0.0424. The van der Waals surface area contributed by atoms with Crippen LogP contribution in [0.5, 0.6) is 0 Å². The third-order valence-electron chi connectivity index (χ3n) is 2.11. The van der Waals surface area contributed by atoms with Crippen molar-refractivity contribution in [2.45, 2.75) is 59.5 Å². The molecule has 0 aliphatic rings. The zero-order valence-electron chi connectivity index (χ0n) is 11.5. The Kier molecular flexibility index (Phi) is 11.4. The molecule has 17 heavy (non-hydrogen) atoms. The molecule has 0 aromatic heterocycles. The van der Waals surface area contributed by atoms with Gasteiger partial charge in [-0.15, -0.1) is 0 Å². The van der Waals surface area contributed by atoms with Gasteiger partial charge in [0.25, 0.3) is 0 Å². The molecule has 0 heterocycles. The van der Waals surface area contributed by atoms with Gasteiger partial charge >= 0.3 is 5.97 Å². The van der Waals surface area contributed by atoms with Crippen molar-refractivity contribution >= 4 is 27.6 Å². The van der Waals surface area contributed by atoms with Crippen LogP contribution < -0.4 is 0 Å². The molecular weight excluding hydrogens is 252 g/mol. The summed E-state index contributed by atoms with van der Waals surface area (Å²) in [4.78, 5) is 11.5. The quantitative estimate of drug-likeness (QED) is 0.333. The van der Waals surface area contributed by atoms with E-state index in [9.17, 15) is 4.79 Å². The Morgan fingerprint density at radius 3 is 2.41 bits per heavy atom. The highest BCUT2D eigenvalue weighted by atomic mass is 33.1. The van der Waals surface area contributed by atoms with Crippen LogP contribution in [-0.2, 0) is 9.53 Å². The van der Waals surface area contributed by atoms with Crippen LogP contribution in [0.25, 0.3) is 0 Å². The lowest BCUT2D eigenvalue weighted by Gasteiger charge is -2.19. The summed E-state index contributed by atoms with van der Waals surface area (Å²) >= 11 is 0. The van der Waals surface area contributed by atoms with Crippen LogP contribution in [-0.4, -0.2) is 23.6 Å². The fraction of sp³-hybridized carbons (Fsp3) is 0.923. The third-order valence-corrected chi connectivity index (χ3v) is 4.77. The summed E-state index contributed by atoms with van der Waals surface area (Å²) in [6, 6.07) is 0. The highest BCUT2D eigenvalue weighted by molar-refractivity contribution is 8.76. The standard InChI is InChI=1S/C13H26O2S2/c1-5-7-13(14)15-12(9-11(3)4)10-17-16-8-6-2/h11-12H,5-10H2,1-4H3. The van der Waals surface area contributed by atoms with E-state index in [4.69, 9.17) is 4.74 Å². The first-order valence-electron chi connectivity index (χ1n) is 6.54. The maximum atomic E-state index is 11.5. The number of ether oxygens (including phenoxy) is 1. The van der Waals surface area contributed by atoms with Crippen molar-refractivity contribution in [3.63, 3.8) is 0 Å². The Bertz CT molecular complexity index is 196. The molecule has 0 saturated carbocycles. The Labute approximate surface area is 114 Å². The van der Waals surface area contributed by atoms with Crippen molar-refractivity contribution in [1.29, 1.82) is 0 Å². The van der Waals surface area contributed by atoms with Crippen molar-refractivity contribution in [2.24, 2.45) is 5.92 Å². The summed E-state index contributed by atoms with van der Waals surface area (Å²) < 4.78 is 5.51. The van der Waals surface area contributed by atoms with E-state index >= 15 is 0 Å². The fourth-order valence-corrected chi connectivity index (χ4v) is 3.73. The molecule has 0 bridgehead atoms. The largest absolute Gasteiger partial charge is 0.461 e. The highest BCUT2D eigenvalue weighted by Gasteiger charge is 2.15. The number of carbonyl (C=O) groups is 1. The second-order valence-electron chi connectivity index (χ2n) is 4.60. The second kappa shape index (κ2) is 11.3. The second-order valence-corrected chi connectivity index (χ2v) is 7.23. The van der Waals surface area contributed by atoms with Crippen molar-refractivity contribution in [1.82, 2.24) is 0 Å². The normalized spacial score (nSPS) is 12.8. The molecule has 0 amide bonds. The predicted octanol–water partition coefficient (Wildman–Crippen LogP) is 4.54. The summed E-state index contributed by atoms with van der Waals surface area (Å²) in [5.41, 5.74) is 0. The molecule has 0 N–H and O–H groups in total. The zero-order valence-corrected chi connectivity index (χ0v) is 13.2. The molecule has 102 valence electrons. The lowest BCUT2D eigenvalue weighted by molar-refractivity contribution is -0.148. The number of hydrogen-bond donors (Lipinski definition) is 0. The van der Waals surface area contributed by atoms with Gasteiger partial charge in [0.2, 0.25) is 0 Å². The van der Waals surface area contributed by atoms with Crippen LogP contribution in [0, 0.1) is 5.92 Å². The third kappa shape index (κ3) is 11.0. The molecule has 0 spiro atoms. The van der Waals surface area contributed by atoms with E-state index in [1.54, 1.807) is 0 Å². The molecule has 0 radical (unpaired) electrons. The molecule has 0 aromatic carbocycles. The average Bonchev–Trinajstić information content (AvgIpc) is 2.23. The van der Waals surface area contributed by atoms with Gasteiger partial charge in [-0.25, -0.2) is 0 Å². The molecule has 0 aliphatic heterocycles. The van der Waals surface area contributed by atoms with Crippen molar-refractivity contribution in [3.05, 3.63) is 0 Å². The van der Waals surface area contributed by atoms with Gasteiger partial charge in [-0.3, -0.25) is 4.79 Å². The molecule has 0 aliphatic carbocycles. The van der Waals surface area contributed by atoms with Gasteiger partial charge < -0.3 is 4.74 Å². The first-order chi connectivity index (χ1) is 8.10. The van der Waals surface area contributed by atoms with E-state index in [0.717, 1.165) is 18.6 Å². The average molecular weight is 278 g/mol. The summed E-state index contributed by atoms with van der Waals surface area (Å²) in [5, 5.41) is 0. The molecular formula is C13H26O2S2. The predicted molar refractivity (Wildman–Crippen MR) is 79.5 cm³/mol. The lowest BCUT2D eigenvalue weighted by atomic mass is 10.1. The molecule has 0 aromatic rings. The van der Waals surface area contributed by atoms with E-state index in [2.05, 4.69) is 20.8 Å². The van der Waals surface area contributed by atoms with Crippen LogP contribution in [0.2, 0.25) is 0 Å². The van der Waals surface area contributed by atoms with E-state index in [1.807, 2.05) is 28.5 Å². The summed E-state index contributed by atoms with van der Waals surface area (Å²) in [6.07, 6.45) is 3.66. The van der Waals surface area contributed by atoms with Gasteiger partial charge in [0, 0.05) is 17.9 Å². The Hall–Kier alpha value is 0.170. The van der Waals surface area contributed by atoms with Crippen LogP contribution in [0.3, 0.4) is 0 Å². The van der Waals surface area contributed by atoms with E-state index in [0.29, 0.717) is 12.3 Å². The Balaban J connectivity index is 3.91. The molecule has 1 atom stereocenters. The van der Waals surface area contributed by atoms with Gasteiger partial charge in [-0.1, -0.05) is 49.3 Å². The lowest BCUT2D eigenvalue weighted by Crippen LogP contribution is -2.22. The molecule has 0 saturated heterocycles. The van der Waals surface area contributed by atoms with Crippen LogP contribution in [0.4, 0.5) is 0 Å². The maximum Gasteiger partial charge on any atom is 0.306 e. The molecule has 2 nitrogen and oxygen atoms in total. The number of rotatable bonds is 10. The van der Waals surface area contributed by atoms with Gasteiger partial charge in [-0.05, 0) is 25.2 Å². The number of esters is 1. The van der Waals surface area contributed by atoms with Gasteiger partial charge in [0.05, 0.1) is 0 Å². The van der Waals surface area contributed by atoms with Crippen molar-refractivity contribution in [2.75, 3.05) is 11.5 Å². The smallest absolute Gasteiger partial charge is 0.306 e. The minimum Gasteiger partial charge on any atom is -0.461 e. The fourth-order valence-electron chi connectivity index (χ4n) is 1.39. The molecule has 0 rings (SSSR count). The minimum absolute atomic E-state index is 0.0424. The van der Waals surface area contributed by atoms with Crippen molar-refractivity contribution < 1.29 is 9.53 Å². The topological polar surface area (TPSA) is 26.3 Å². The molecule has 0 fully saturated rings. The Morgan fingerprint density at radius 2 is 1.88 bits per heavy atom. The monoisotopic (exact) mass is 278 g/mol. The summed E-state index contributed by atoms with van der Waals surface area (Å²) in [5.74, 6) is 2.62. The zero-order chi connectivity index (χ0) is 13.1. The number of hydrogen-bond acceptors (Lipinski definition) is 4. The van der Waals surface area contributed by atoms with Crippen LogP contribution >= 0.6 is 21.6 Å². The van der Waals surface area contributed by atoms with E-state index < -0.39 is 0 Å². The van der Waals surface area contributed by atoms with Crippen molar-refractivity contribution in [3.8, 4) is 0 Å². The highest BCUT2D eigenvalue weighted by Crippen LogP contribution is 2.25. The Morgan fingerprint density at radius 1 is 1.18 bits per heavy atom. The van der Waals surface area contributed by atoms with E-state index in [-0.39, 0.29) is 12.1 Å². The van der Waals surface area contributed by atoms with Crippen LogP contribution in [0.15, 0.2) is 0 Å². The molecule has 1 unspecified atom stereocenters. The summed E-state index contributed by atoms with van der Waals surface area (Å²) in [7, 11) is 3.70. The van der Waals surface area contributed by atoms with Gasteiger partial charge in [0.1, 0.15) is 6.10 Å². The first-order valence-corrected chi connectivity index (χ1v) is 9.02.